The van der Waals surface area contributed by atoms with Gasteiger partial charge in [-0.1, -0.05) is 11.6 Å². The van der Waals surface area contributed by atoms with Crippen molar-refractivity contribution < 1.29 is 13.2 Å². The first-order chi connectivity index (χ1) is 10.4. The maximum Gasteiger partial charge on any atom is 0.243 e. The molecule has 1 aliphatic rings. The van der Waals surface area contributed by atoms with E-state index >= 15 is 0 Å². The Morgan fingerprint density at radius 2 is 2.22 bits per heavy atom. The standard InChI is InChI=1S/C14H18ClN3O3S.ClH/c1-21-12-4-5-18(11(6-12)9-17)22(19,20)13-3-2-10(8-16)14(15)7-13;/h2-3,7,11-12H,4-6,9,17H2,1H3;1H. The second-order valence-corrected chi connectivity index (χ2v) is 7.44. The van der Waals surface area contributed by atoms with E-state index in [2.05, 4.69) is 0 Å². The zero-order valence-electron chi connectivity index (χ0n) is 12.6. The van der Waals surface area contributed by atoms with Gasteiger partial charge in [-0.2, -0.15) is 9.57 Å². The Bertz CT molecular complexity index is 691. The molecule has 0 aromatic heterocycles. The van der Waals surface area contributed by atoms with E-state index in [0.717, 1.165) is 0 Å². The summed E-state index contributed by atoms with van der Waals surface area (Å²) >= 11 is 5.94. The van der Waals surface area contributed by atoms with Crippen LogP contribution in [0.4, 0.5) is 0 Å². The smallest absolute Gasteiger partial charge is 0.243 e. The zero-order chi connectivity index (χ0) is 16.3. The van der Waals surface area contributed by atoms with Gasteiger partial charge in [-0.25, -0.2) is 8.42 Å². The number of methoxy groups -OCH3 is 1. The fourth-order valence-electron chi connectivity index (χ4n) is 2.62. The highest BCUT2D eigenvalue weighted by atomic mass is 35.5. The number of sulfonamides is 1. The van der Waals surface area contributed by atoms with E-state index in [9.17, 15) is 8.42 Å². The van der Waals surface area contributed by atoms with Gasteiger partial charge < -0.3 is 10.5 Å². The molecule has 1 aliphatic heterocycles. The first-order valence-corrected chi connectivity index (χ1v) is 8.70. The number of ether oxygens (including phenoxy) is 1. The van der Waals surface area contributed by atoms with Crippen LogP contribution >= 0.6 is 24.0 Å². The summed E-state index contributed by atoms with van der Waals surface area (Å²) < 4.78 is 32.3. The van der Waals surface area contributed by atoms with Gasteiger partial charge in [-0.15, -0.1) is 12.4 Å². The number of halogens is 2. The van der Waals surface area contributed by atoms with Gasteiger partial charge in [-0.3, -0.25) is 0 Å². The molecule has 6 nitrogen and oxygen atoms in total. The molecule has 1 aromatic rings. The van der Waals surface area contributed by atoms with E-state index in [0.29, 0.717) is 19.4 Å². The van der Waals surface area contributed by atoms with Crippen molar-refractivity contribution in [1.82, 2.24) is 4.31 Å². The van der Waals surface area contributed by atoms with E-state index in [1.807, 2.05) is 6.07 Å². The molecule has 2 atom stereocenters. The molecule has 0 radical (unpaired) electrons. The van der Waals surface area contributed by atoms with E-state index in [1.165, 1.54) is 22.5 Å². The van der Waals surface area contributed by atoms with Gasteiger partial charge >= 0.3 is 0 Å². The predicted molar refractivity (Wildman–Crippen MR) is 90.2 cm³/mol. The normalized spacial score (nSPS) is 22.2. The summed E-state index contributed by atoms with van der Waals surface area (Å²) in [5.41, 5.74) is 5.97. The predicted octanol–water partition coefficient (Wildman–Crippen LogP) is 1.76. The van der Waals surface area contributed by atoms with E-state index in [1.54, 1.807) is 7.11 Å². The molecule has 1 fully saturated rings. The number of benzene rings is 1. The number of rotatable bonds is 4. The number of nitriles is 1. The number of piperidine rings is 1. The summed E-state index contributed by atoms with van der Waals surface area (Å²) in [7, 11) is -2.08. The van der Waals surface area contributed by atoms with Crippen LogP contribution in [0.2, 0.25) is 5.02 Å². The average molecular weight is 380 g/mol. The van der Waals surface area contributed by atoms with Crippen molar-refractivity contribution in [3.05, 3.63) is 28.8 Å². The van der Waals surface area contributed by atoms with Crippen molar-refractivity contribution in [2.24, 2.45) is 5.73 Å². The fourth-order valence-corrected chi connectivity index (χ4v) is 4.59. The van der Waals surface area contributed by atoms with E-state index < -0.39 is 10.0 Å². The second-order valence-electron chi connectivity index (χ2n) is 5.14. The molecule has 2 rings (SSSR count). The van der Waals surface area contributed by atoms with Crippen LogP contribution in [-0.4, -0.2) is 45.1 Å². The summed E-state index contributed by atoms with van der Waals surface area (Å²) in [5, 5.41) is 9.00. The van der Waals surface area contributed by atoms with Gasteiger partial charge in [0.25, 0.3) is 0 Å². The summed E-state index contributed by atoms with van der Waals surface area (Å²) in [4.78, 5) is 0.0748. The SMILES string of the molecule is COC1CCN(S(=O)(=O)c2ccc(C#N)c(Cl)c2)C(CN)C1.Cl. The third-order valence-corrected chi connectivity index (χ3v) is 6.15. The highest BCUT2D eigenvalue weighted by Crippen LogP contribution is 2.28. The number of hydrogen-bond acceptors (Lipinski definition) is 5. The van der Waals surface area contributed by atoms with E-state index in [-0.39, 0.29) is 46.6 Å². The van der Waals surface area contributed by atoms with Crippen LogP contribution in [0.25, 0.3) is 0 Å². The Hall–Kier alpha value is -0.880. The quantitative estimate of drug-likeness (QED) is 0.859. The largest absolute Gasteiger partial charge is 0.381 e. The van der Waals surface area contributed by atoms with Gasteiger partial charge in [0.05, 0.1) is 21.6 Å². The first kappa shape index (κ1) is 20.2. The molecule has 0 aliphatic carbocycles. The lowest BCUT2D eigenvalue weighted by Crippen LogP contribution is -2.51. The van der Waals surface area contributed by atoms with Crippen LogP contribution in [0.1, 0.15) is 18.4 Å². The minimum atomic E-state index is -3.70. The Kier molecular flexibility index (Phi) is 7.27. The molecule has 0 bridgehead atoms. The lowest BCUT2D eigenvalue weighted by Gasteiger charge is -2.37. The highest BCUT2D eigenvalue weighted by Gasteiger charge is 2.36. The summed E-state index contributed by atoms with van der Waals surface area (Å²) in [6.45, 7) is 0.573. The molecular weight excluding hydrogens is 361 g/mol. The monoisotopic (exact) mass is 379 g/mol. The Morgan fingerprint density at radius 1 is 1.52 bits per heavy atom. The van der Waals surface area contributed by atoms with Gasteiger partial charge in [0, 0.05) is 26.2 Å². The summed E-state index contributed by atoms with van der Waals surface area (Å²) in [6.07, 6.45) is 1.21. The molecule has 1 saturated heterocycles. The van der Waals surface area contributed by atoms with Crippen molar-refractivity contribution in [3.8, 4) is 6.07 Å². The molecule has 2 unspecified atom stereocenters. The second kappa shape index (κ2) is 8.29. The minimum absolute atomic E-state index is 0. The number of hydrogen-bond donors (Lipinski definition) is 1. The molecule has 1 heterocycles. The van der Waals surface area contributed by atoms with Crippen LogP contribution in [-0.2, 0) is 14.8 Å². The van der Waals surface area contributed by atoms with E-state index in [4.69, 9.17) is 27.3 Å². The van der Waals surface area contributed by atoms with Crippen molar-refractivity contribution >= 4 is 34.0 Å². The Morgan fingerprint density at radius 3 is 2.74 bits per heavy atom. The minimum Gasteiger partial charge on any atom is -0.381 e. The molecule has 0 amide bonds. The summed E-state index contributed by atoms with van der Waals surface area (Å²) in [6, 6.07) is 5.72. The molecule has 128 valence electrons. The van der Waals surface area contributed by atoms with Crippen LogP contribution in [0, 0.1) is 11.3 Å². The van der Waals surface area contributed by atoms with Crippen LogP contribution in [0.15, 0.2) is 23.1 Å². The lowest BCUT2D eigenvalue weighted by atomic mass is 10.0. The molecule has 2 N–H and O–H groups in total. The average Bonchev–Trinajstić information content (AvgIpc) is 2.53. The third kappa shape index (κ3) is 4.15. The third-order valence-electron chi connectivity index (χ3n) is 3.89. The molecule has 9 heteroatoms. The van der Waals surface area contributed by atoms with Crippen LogP contribution < -0.4 is 5.73 Å². The summed E-state index contributed by atoms with van der Waals surface area (Å²) in [5.74, 6) is 0. The lowest BCUT2D eigenvalue weighted by molar-refractivity contribution is 0.0401. The van der Waals surface area contributed by atoms with Crippen LogP contribution in [0.3, 0.4) is 0 Å². The fraction of sp³-hybridized carbons (Fsp3) is 0.500. The Labute approximate surface area is 147 Å². The van der Waals surface area contributed by atoms with Crippen molar-refractivity contribution in [2.75, 3.05) is 20.2 Å². The zero-order valence-corrected chi connectivity index (χ0v) is 15.0. The van der Waals surface area contributed by atoms with Gasteiger partial charge in [-0.05, 0) is 31.0 Å². The van der Waals surface area contributed by atoms with Gasteiger partial charge in [0.1, 0.15) is 6.07 Å². The molecule has 23 heavy (non-hydrogen) atoms. The Balaban J connectivity index is 0.00000264. The number of nitrogens with two attached hydrogens (primary N) is 1. The van der Waals surface area contributed by atoms with Crippen LogP contribution in [0.5, 0.6) is 0 Å². The maximum atomic E-state index is 12.8. The van der Waals surface area contributed by atoms with Crippen molar-refractivity contribution in [3.63, 3.8) is 0 Å². The van der Waals surface area contributed by atoms with Crippen molar-refractivity contribution in [1.29, 1.82) is 5.26 Å². The number of nitrogens with zero attached hydrogens (tertiary/aromatic N) is 2. The molecular formula is C14H19Cl2N3O3S. The highest BCUT2D eigenvalue weighted by molar-refractivity contribution is 7.89. The maximum absolute atomic E-state index is 12.8. The molecule has 1 aromatic carbocycles. The van der Waals surface area contributed by atoms with Gasteiger partial charge in [0.2, 0.25) is 10.0 Å². The van der Waals surface area contributed by atoms with Gasteiger partial charge in [0.15, 0.2) is 0 Å². The molecule has 0 saturated carbocycles. The molecule has 0 spiro atoms. The van der Waals surface area contributed by atoms with Crippen molar-refractivity contribution in [2.45, 2.75) is 29.9 Å². The topological polar surface area (TPSA) is 96.4 Å². The first-order valence-electron chi connectivity index (χ1n) is 6.88.